The quantitative estimate of drug-likeness (QED) is 0.489. The number of rotatable bonds is 7. The van der Waals surface area contributed by atoms with Gasteiger partial charge in [-0.25, -0.2) is 27.1 Å². The molecule has 0 aliphatic heterocycles. The van der Waals surface area contributed by atoms with E-state index in [9.17, 15) is 21.6 Å². The van der Waals surface area contributed by atoms with Crippen molar-refractivity contribution in [3.8, 4) is 0 Å². The van der Waals surface area contributed by atoms with E-state index in [1.54, 1.807) is 54.6 Å². The fraction of sp³-hybridized carbons (Fsp3) is 0.0952. The second-order valence-electron chi connectivity index (χ2n) is 6.84. The third-order valence-corrected chi connectivity index (χ3v) is 6.60. The summed E-state index contributed by atoms with van der Waals surface area (Å²) in [6.45, 7) is 0.148. The Kier molecular flexibility index (Phi) is 6.56. The molecule has 0 aliphatic rings. The first-order valence-electron chi connectivity index (χ1n) is 9.15. The molecule has 3 aromatic rings. The summed E-state index contributed by atoms with van der Waals surface area (Å²) >= 11 is 0. The van der Waals surface area contributed by atoms with Gasteiger partial charge in [-0.3, -0.25) is 4.79 Å². The first-order valence-corrected chi connectivity index (χ1v) is 12.2. The van der Waals surface area contributed by atoms with Crippen LogP contribution in [0.1, 0.15) is 27.0 Å². The Morgan fingerprint density at radius 2 is 1.29 bits per heavy atom. The predicted molar refractivity (Wildman–Crippen MR) is 116 cm³/mol. The van der Waals surface area contributed by atoms with Crippen molar-refractivity contribution in [2.24, 2.45) is 10.3 Å². The number of carbonyl (C=O) groups excluding carboxylic acids is 1. The third kappa shape index (κ3) is 5.56. The van der Waals surface area contributed by atoms with E-state index < -0.39 is 35.7 Å². The highest BCUT2D eigenvalue weighted by atomic mass is 32.2. The summed E-state index contributed by atoms with van der Waals surface area (Å²) in [6.07, 6.45) is -0.0990. The first-order chi connectivity index (χ1) is 14.6. The molecule has 0 bridgehead atoms. The molecule has 0 aromatic heterocycles. The molecule has 31 heavy (non-hydrogen) atoms. The SMILES string of the molecule is NS(=O)(=O)c1ccc(C(=O)NCc2ccccc2)c(S(N)(=O)=O)c1Cc1ccccc1. The molecule has 0 saturated carbocycles. The molecule has 0 heterocycles. The second-order valence-corrected chi connectivity index (χ2v) is 9.87. The Balaban J connectivity index is 2.13. The Bertz CT molecular complexity index is 1310. The number of nitrogens with two attached hydrogens (primary N) is 2. The van der Waals surface area contributed by atoms with Gasteiger partial charge in [-0.05, 0) is 28.8 Å². The lowest BCUT2D eigenvalue weighted by atomic mass is 10.0. The average molecular weight is 460 g/mol. The summed E-state index contributed by atoms with van der Waals surface area (Å²) in [5.74, 6) is -0.705. The van der Waals surface area contributed by atoms with Crippen LogP contribution < -0.4 is 15.6 Å². The first kappa shape index (κ1) is 22.6. The van der Waals surface area contributed by atoms with Gasteiger partial charge in [0.1, 0.15) is 0 Å². The lowest BCUT2D eigenvalue weighted by molar-refractivity contribution is 0.0947. The minimum atomic E-state index is -4.48. The lowest BCUT2D eigenvalue weighted by Crippen LogP contribution is -2.28. The monoisotopic (exact) mass is 459 g/mol. The van der Waals surface area contributed by atoms with Crippen LogP contribution in [0.5, 0.6) is 0 Å². The maximum absolute atomic E-state index is 12.8. The molecule has 1 amide bonds. The standard InChI is InChI=1S/C21H21N3O5S2/c22-30(26,27)19-12-11-17(21(25)24-14-16-9-5-2-6-10-16)20(31(23,28)29)18(19)13-15-7-3-1-4-8-15/h1-12H,13-14H2,(H,24,25)(H2,22,26,27)(H2,23,28,29). The van der Waals surface area contributed by atoms with Crippen molar-refractivity contribution >= 4 is 26.0 Å². The molecular weight excluding hydrogens is 438 g/mol. The number of hydrogen-bond donors (Lipinski definition) is 3. The lowest BCUT2D eigenvalue weighted by Gasteiger charge is -2.17. The van der Waals surface area contributed by atoms with Gasteiger partial charge in [0.05, 0.1) is 15.4 Å². The normalized spacial score (nSPS) is 11.8. The zero-order chi connectivity index (χ0) is 22.6. The topological polar surface area (TPSA) is 149 Å². The highest BCUT2D eigenvalue weighted by Gasteiger charge is 2.29. The van der Waals surface area contributed by atoms with Crippen LogP contribution in [0.25, 0.3) is 0 Å². The van der Waals surface area contributed by atoms with Crippen molar-refractivity contribution in [1.82, 2.24) is 5.32 Å². The molecule has 0 atom stereocenters. The van der Waals surface area contributed by atoms with Crippen LogP contribution in [0.15, 0.2) is 82.6 Å². The van der Waals surface area contributed by atoms with Crippen LogP contribution in [0.2, 0.25) is 0 Å². The van der Waals surface area contributed by atoms with Crippen molar-refractivity contribution in [1.29, 1.82) is 0 Å². The Labute approximate surface area is 181 Å². The van der Waals surface area contributed by atoms with E-state index in [0.29, 0.717) is 5.56 Å². The van der Waals surface area contributed by atoms with Gasteiger partial charge in [-0.1, -0.05) is 60.7 Å². The number of sulfonamides is 2. The molecule has 0 fully saturated rings. The number of nitrogens with one attached hydrogen (secondary N) is 1. The Morgan fingerprint density at radius 3 is 1.81 bits per heavy atom. The number of amides is 1. The van der Waals surface area contributed by atoms with E-state index in [-0.39, 0.29) is 24.1 Å². The third-order valence-electron chi connectivity index (χ3n) is 4.57. The van der Waals surface area contributed by atoms with Gasteiger partial charge in [-0.2, -0.15) is 0 Å². The van der Waals surface area contributed by atoms with E-state index in [1.165, 1.54) is 0 Å². The summed E-state index contributed by atoms with van der Waals surface area (Å²) in [6, 6.07) is 19.9. The highest BCUT2D eigenvalue weighted by molar-refractivity contribution is 7.90. The van der Waals surface area contributed by atoms with E-state index in [1.807, 2.05) is 6.07 Å². The van der Waals surface area contributed by atoms with Gasteiger partial charge in [0.2, 0.25) is 20.0 Å². The van der Waals surface area contributed by atoms with Crippen LogP contribution in [0.3, 0.4) is 0 Å². The van der Waals surface area contributed by atoms with Crippen molar-refractivity contribution in [3.05, 3.63) is 95.1 Å². The minimum Gasteiger partial charge on any atom is -0.348 e. The molecule has 0 spiro atoms. The fourth-order valence-corrected chi connectivity index (χ4v) is 5.05. The van der Waals surface area contributed by atoms with Gasteiger partial charge in [0, 0.05) is 13.0 Å². The van der Waals surface area contributed by atoms with Crippen molar-refractivity contribution in [3.63, 3.8) is 0 Å². The Hall–Kier alpha value is -3.05. The second kappa shape index (κ2) is 8.98. The van der Waals surface area contributed by atoms with Crippen molar-refractivity contribution in [2.45, 2.75) is 22.8 Å². The molecule has 0 aliphatic carbocycles. The van der Waals surface area contributed by atoms with Crippen LogP contribution >= 0.6 is 0 Å². The molecule has 5 N–H and O–H groups in total. The molecule has 10 heteroatoms. The maximum atomic E-state index is 12.8. The molecule has 0 saturated heterocycles. The highest BCUT2D eigenvalue weighted by Crippen LogP contribution is 2.29. The van der Waals surface area contributed by atoms with Crippen molar-refractivity contribution in [2.75, 3.05) is 0 Å². The van der Waals surface area contributed by atoms with Crippen molar-refractivity contribution < 1.29 is 21.6 Å². The van der Waals surface area contributed by atoms with E-state index in [2.05, 4.69) is 5.32 Å². The van der Waals surface area contributed by atoms with Crippen LogP contribution in [0.4, 0.5) is 0 Å². The van der Waals surface area contributed by atoms with E-state index in [4.69, 9.17) is 10.3 Å². The van der Waals surface area contributed by atoms with Gasteiger partial charge in [0.15, 0.2) is 0 Å². The van der Waals surface area contributed by atoms with Crippen LogP contribution in [-0.2, 0) is 33.0 Å². The average Bonchev–Trinajstić information content (AvgIpc) is 2.71. The smallest absolute Gasteiger partial charge is 0.252 e. The number of primary sulfonamides is 2. The Morgan fingerprint density at radius 1 is 0.742 bits per heavy atom. The molecular formula is C21H21N3O5S2. The molecule has 3 aromatic carbocycles. The zero-order valence-corrected chi connectivity index (χ0v) is 18.0. The summed E-state index contributed by atoms with van der Waals surface area (Å²) in [5.41, 5.74) is 1.03. The summed E-state index contributed by atoms with van der Waals surface area (Å²) in [5, 5.41) is 13.4. The molecule has 8 nitrogen and oxygen atoms in total. The van der Waals surface area contributed by atoms with Crippen LogP contribution in [0, 0.1) is 0 Å². The largest absolute Gasteiger partial charge is 0.348 e. The zero-order valence-electron chi connectivity index (χ0n) is 16.4. The summed E-state index contributed by atoms with van der Waals surface area (Å²) in [4.78, 5) is 11.9. The van der Waals surface area contributed by atoms with Gasteiger partial charge in [-0.15, -0.1) is 0 Å². The van der Waals surface area contributed by atoms with Crippen LogP contribution in [-0.4, -0.2) is 22.7 Å². The molecule has 3 rings (SSSR count). The number of carbonyl (C=O) groups is 1. The van der Waals surface area contributed by atoms with E-state index >= 15 is 0 Å². The molecule has 162 valence electrons. The maximum Gasteiger partial charge on any atom is 0.252 e. The predicted octanol–water partition coefficient (Wildman–Crippen LogP) is 1.50. The minimum absolute atomic E-state index is 0.0990. The fourth-order valence-electron chi connectivity index (χ4n) is 3.22. The summed E-state index contributed by atoms with van der Waals surface area (Å²) in [7, 11) is -8.76. The van der Waals surface area contributed by atoms with Gasteiger partial charge < -0.3 is 5.32 Å². The summed E-state index contributed by atoms with van der Waals surface area (Å²) < 4.78 is 49.3. The van der Waals surface area contributed by atoms with E-state index in [0.717, 1.165) is 17.7 Å². The number of benzene rings is 3. The molecule has 0 unspecified atom stereocenters. The van der Waals surface area contributed by atoms with Gasteiger partial charge in [0.25, 0.3) is 5.91 Å². The number of hydrogen-bond acceptors (Lipinski definition) is 5. The van der Waals surface area contributed by atoms with Gasteiger partial charge >= 0.3 is 0 Å². The molecule has 0 radical (unpaired) electrons.